The quantitative estimate of drug-likeness (QED) is 0.334. The molecule has 0 amide bonds. The highest BCUT2D eigenvalue weighted by Gasteiger charge is 2.32. The van der Waals surface area contributed by atoms with Crippen molar-refractivity contribution < 1.29 is 26.5 Å². The topological polar surface area (TPSA) is 50.1 Å². The van der Waals surface area contributed by atoms with E-state index in [4.69, 9.17) is 21.6 Å². The van der Waals surface area contributed by atoms with Crippen molar-refractivity contribution in [3.63, 3.8) is 0 Å². The molecule has 0 N–H and O–H groups in total. The Morgan fingerprint density at radius 2 is 2.00 bits per heavy atom. The molecule has 1 unspecified atom stereocenters. The molecule has 0 saturated carbocycles. The van der Waals surface area contributed by atoms with Gasteiger partial charge in [-0.1, -0.05) is 11.6 Å². The van der Waals surface area contributed by atoms with Gasteiger partial charge in [-0.25, -0.2) is 4.39 Å². The lowest BCUT2D eigenvalue weighted by molar-refractivity contribution is -0.105. The molecule has 0 saturated heterocycles. The van der Waals surface area contributed by atoms with Crippen molar-refractivity contribution in [2.45, 2.75) is 30.3 Å². The molecular weight excluding hydrogens is 390 g/mol. The predicted molar refractivity (Wildman–Crippen MR) is 86.2 cm³/mol. The fourth-order valence-electron chi connectivity index (χ4n) is 1.70. The molecule has 0 aliphatic heterocycles. The number of thioether (sulfide) groups is 1. The van der Waals surface area contributed by atoms with Crippen LogP contribution in [0.2, 0.25) is 5.02 Å². The number of halogens is 5. The average Bonchev–Trinajstić information content (AvgIpc) is 2.46. The van der Waals surface area contributed by atoms with Crippen molar-refractivity contribution in [1.82, 2.24) is 0 Å². The van der Waals surface area contributed by atoms with Crippen LogP contribution >= 0.6 is 23.4 Å². The van der Waals surface area contributed by atoms with Crippen LogP contribution in [0.1, 0.15) is 19.3 Å². The lowest BCUT2D eigenvalue weighted by atomic mass is 10.2. The summed E-state index contributed by atoms with van der Waals surface area (Å²) in [6.45, 7) is 0.154. The molecule has 0 aliphatic carbocycles. The molecule has 0 aliphatic rings. The Labute approximate surface area is 148 Å². The first kappa shape index (κ1) is 21.1. The standard InChI is InChI=1S/C14H14ClF4NO2S2/c15-10-6-11(16)12(22-4-2-1-3-5-23-9-20)7-13(10)24(21)8-14(17,18)19/h6-7H,1-5,8H2. The number of hydrogen-bond acceptors (Lipinski definition) is 4. The summed E-state index contributed by atoms with van der Waals surface area (Å²) in [5.74, 6) is -1.98. The number of unbranched alkanes of at least 4 members (excludes halogenated alkanes) is 2. The first-order chi connectivity index (χ1) is 11.2. The minimum atomic E-state index is -4.62. The first-order valence-electron chi connectivity index (χ1n) is 6.82. The van der Waals surface area contributed by atoms with E-state index in [9.17, 15) is 21.8 Å². The maximum Gasteiger partial charge on any atom is 0.400 e. The Morgan fingerprint density at radius 1 is 1.29 bits per heavy atom. The predicted octanol–water partition coefficient (Wildman–Crippen LogP) is 4.91. The Bertz CT molecular complexity index is 620. The van der Waals surface area contributed by atoms with E-state index in [0.717, 1.165) is 36.7 Å². The van der Waals surface area contributed by atoms with Gasteiger partial charge in [-0.05, 0) is 37.1 Å². The van der Waals surface area contributed by atoms with E-state index in [0.29, 0.717) is 12.2 Å². The van der Waals surface area contributed by atoms with Gasteiger partial charge in [-0.2, -0.15) is 18.4 Å². The zero-order chi connectivity index (χ0) is 18.2. The van der Waals surface area contributed by atoms with Gasteiger partial charge in [0.1, 0.15) is 11.2 Å². The lowest BCUT2D eigenvalue weighted by Gasteiger charge is -2.12. The van der Waals surface area contributed by atoms with Crippen LogP contribution in [0.15, 0.2) is 17.0 Å². The van der Waals surface area contributed by atoms with E-state index >= 15 is 0 Å². The van der Waals surface area contributed by atoms with Gasteiger partial charge in [0.2, 0.25) is 0 Å². The van der Waals surface area contributed by atoms with E-state index in [1.54, 1.807) is 0 Å². The Morgan fingerprint density at radius 3 is 2.62 bits per heavy atom. The molecule has 134 valence electrons. The van der Waals surface area contributed by atoms with Crippen LogP contribution in [0, 0.1) is 16.5 Å². The zero-order valence-corrected chi connectivity index (χ0v) is 14.8. The molecule has 1 aromatic rings. The van der Waals surface area contributed by atoms with Crippen molar-refractivity contribution in [2.24, 2.45) is 0 Å². The summed E-state index contributed by atoms with van der Waals surface area (Å²) in [6.07, 6.45) is -2.47. The second-order valence-electron chi connectivity index (χ2n) is 4.67. The molecule has 3 nitrogen and oxygen atoms in total. The molecule has 0 radical (unpaired) electrons. The lowest BCUT2D eigenvalue weighted by Crippen LogP contribution is -2.18. The number of benzene rings is 1. The van der Waals surface area contributed by atoms with Crippen LogP contribution in [0.3, 0.4) is 0 Å². The van der Waals surface area contributed by atoms with Crippen LogP contribution in [-0.2, 0) is 10.8 Å². The molecular formula is C14H14ClF4NO2S2. The molecule has 0 fully saturated rings. The number of ether oxygens (including phenoxy) is 1. The summed E-state index contributed by atoms with van der Waals surface area (Å²) in [6, 6.07) is 1.75. The van der Waals surface area contributed by atoms with Crippen molar-refractivity contribution in [3.8, 4) is 11.2 Å². The van der Waals surface area contributed by atoms with Crippen molar-refractivity contribution >= 4 is 34.2 Å². The van der Waals surface area contributed by atoms with E-state index in [-0.39, 0.29) is 22.3 Å². The number of thiocyanates is 1. The smallest absolute Gasteiger partial charge is 0.400 e. The van der Waals surface area contributed by atoms with Crippen molar-refractivity contribution in [3.05, 3.63) is 23.0 Å². The SMILES string of the molecule is N#CSCCCCCOc1cc(S(=O)CC(F)(F)F)c(Cl)cc1F. The molecule has 1 aromatic carbocycles. The maximum atomic E-state index is 13.7. The fourth-order valence-corrected chi connectivity index (χ4v) is 3.52. The second-order valence-corrected chi connectivity index (χ2v) is 7.37. The van der Waals surface area contributed by atoms with Crippen LogP contribution in [0.25, 0.3) is 0 Å². The van der Waals surface area contributed by atoms with E-state index in [1.165, 1.54) is 0 Å². The number of nitrogens with zero attached hydrogens (tertiary/aromatic N) is 1. The van der Waals surface area contributed by atoms with Gasteiger partial charge in [-0.3, -0.25) is 4.21 Å². The Balaban J connectivity index is 2.64. The maximum absolute atomic E-state index is 13.7. The normalized spacial score (nSPS) is 12.7. The van der Waals surface area contributed by atoms with E-state index in [2.05, 4.69) is 0 Å². The molecule has 24 heavy (non-hydrogen) atoms. The highest BCUT2D eigenvalue weighted by molar-refractivity contribution is 8.03. The molecule has 0 bridgehead atoms. The van der Waals surface area contributed by atoms with E-state index in [1.807, 2.05) is 5.40 Å². The minimum absolute atomic E-state index is 0.154. The number of alkyl halides is 3. The summed E-state index contributed by atoms with van der Waals surface area (Å²) in [5, 5.41) is 9.96. The molecule has 0 spiro atoms. The molecule has 1 atom stereocenters. The second kappa shape index (κ2) is 10.1. The molecule has 1 rings (SSSR count). The third kappa shape index (κ3) is 7.73. The van der Waals surface area contributed by atoms with Crippen molar-refractivity contribution in [2.75, 3.05) is 18.1 Å². The van der Waals surface area contributed by atoms with Gasteiger partial charge in [-0.15, -0.1) is 0 Å². The van der Waals surface area contributed by atoms with E-state index < -0.39 is 28.5 Å². The van der Waals surface area contributed by atoms with Gasteiger partial charge in [0.05, 0.1) is 27.3 Å². The average molecular weight is 404 g/mol. The van der Waals surface area contributed by atoms with Crippen molar-refractivity contribution in [1.29, 1.82) is 5.26 Å². The van der Waals surface area contributed by atoms with Crippen LogP contribution < -0.4 is 4.74 Å². The largest absolute Gasteiger partial charge is 0.490 e. The highest BCUT2D eigenvalue weighted by Crippen LogP contribution is 2.30. The summed E-state index contributed by atoms with van der Waals surface area (Å²) in [7, 11) is -2.43. The van der Waals surface area contributed by atoms with Gasteiger partial charge >= 0.3 is 6.18 Å². The number of nitriles is 1. The van der Waals surface area contributed by atoms with Gasteiger partial charge in [0, 0.05) is 11.8 Å². The fraction of sp³-hybridized carbons (Fsp3) is 0.500. The third-order valence-corrected chi connectivity index (χ3v) is 5.20. The summed E-state index contributed by atoms with van der Waals surface area (Å²) in [4.78, 5) is -0.309. The number of rotatable bonds is 9. The minimum Gasteiger partial charge on any atom is -0.490 e. The first-order valence-corrected chi connectivity index (χ1v) is 9.50. The Hall–Kier alpha value is -0.980. The van der Waals surface area contributed by atoms with Crippen LogP contribution in [-0.4, -0.2) is 28.5 Å². The third-order valence-electron chi connectivity index (χ3n) is 2.74. The van der Waals surface area contributed by atoms with Gasteiger partial charge in [0.25, 0.3) is 0 Å². The van der Waals surface area contributed by atoms with Gasteiger partial charge < -0.3 is 4.74 Å². The zero-order valence-electron chi connectivity index (χ0n) is 12.4. The monoisotopic (exact) mass is 403 g/mol. The van der Waals surface area contributed by atoms with Crippen LogP contribution in [0.5, 0.6) is 5.75 Å². The van der Waals surface area contributed by atoms with Crippen LogP contribution in [0.4, 0.5) is 17.6 Å². The van der Waals surface area contributed by atoms with Gasteiger partial charge in [0.15, 0.2) is 11.6 Å². The number of hydrogen-bond donors (Lipinski definition) is 0. The molecule has 10 heteroatoms. The summed E-state index contributed by atoms with van der Waals surface area (Å²) in [5.41, 5.74) is 0. The molecule has 0 aromatic heterocycles. The highest BCUT2D eigenvalue weighted by atomic mass is 35.5. The summed E-state index contributed by atoms with van der Waals surface area (Å²) >= 11 is 6.81. The molecule has 0 heterocycles. The summed E-state index contributed by atoms with van der Waals surface area (Å²) < 4.78 is 67.6. The Kier molecular flexibility index (Phi) is 8.87.